The molecule has 0 aromatic heterocycles. The SMILES string of the molecule is Cc1ccc(OCC(=O)NC(CO)C(O)c2ccc(N)cc2)cc1C. The molecule has 0 aliphatic carbocycles. The summed E-state index contributed by atoms with van der Waals surface area (Å²) in [7, 11) is 0. The molecule has 0 bridgehead atoms. The number of nitrogen functional groups attached to an aromatic ring is 1. The van der Waals surface area contributed by atoms with E-state index in [0.29, 0.717) is 17.0 Å². The van der Waals surface area contributed by atoms with Gasteiger partial charge in [0.25, 0.3) is 5.91 Å². The Balaban J connectivity index is 1.92. The predicted molar refractivity (Wildman–Crippen MR) is 96.2 cm³/mol. The molecule has 5 N–H and O–H groups in total. The molecule has 1 amide bonds. The summed E-state index contributed by atoms with van der Waals surface area (Å²) >= 11 is 0. The number of carbonyl (C=O) groups excluding carboxylic acids is 1. The molecule has 0 saturated heterocycles. The third-order valence-corrected chi connectivity index (χ3v) is 4.05. The van der Waals surface area contributed by atoms with Crippen LogP contribution >= 0.6 is 0 Å². The zero-order valence-electron chi connectivity index (χ0n) is 14.4. The van der Waals surface area contributed by atoms with Gasteiger partial charge in [-0.3, -0.25) is 4.79 Å². The molecule has 0 spiro atoms. The lowest BCUT2D eigenvalue weighted by Crippen LogP contribution is -2.44. The molecular formula is C19H24N2O4. The Bertz CT molecular complexity index is 716. The highest BCUT2D eigenvalue weighted by molar-refractivity contribution is 5.78. The number of carbonyl (C=O) groups is 1. The van der Waals surface area contributed by atoms with Crippen LogP contribution in [0.15, 0.2) is 42.5 Å². The van der Waals surface area contributed by atoms with Crippen LogP contribution in [-0.4, -0.2) is 35.4 Å². The van der Waals surface area contributed by atoms with Crippen LogP contribution in [0.1, 0.15) is 22.8 Å². The van der Waals surface area contributed by atoms with E-state index in [2.05, 4.69) is 5.32 Å². The number of hydrogen-bond acceptors (Lipinski definition) is 5. The summed E-state index contributed by atoms with van der Waals surface area (Å²) in [4.78, 5) is 12.0. The van der Waals surface area contributed by atoms with Gasteiger partial charge in [0, 0.05) is 5.69 Å². The monoisotopic (exact) mass is 344 g/mol. The van der Waals surface area contributed by atoms with Gasteiger partial charge in [0.2, 0.25) is 0 Å². The van der Waals surface area contributed by atoms with E-state index >= 15 is 0 Å². The first kappa shape index (κ1) is 18.8. The summed E-state index contributed by atoms with van der Waals surface area (Å²) < 4.78 is 5.46. The minimum Gasteiger partial charge on any atom is -0.484 e. The Morgan fingerprint density at radius 3 is 2.44 bits per heavy atom. The van der Waals surface area contributed by atoms with Crippen LogP contribution in [0.5, 0.6) is 5.75 Å². The zero-order valence-corrected chi connectivity index (χ0v) is 14.4. The molecule has 0 saturated carbocycles. The van der Waals surface area contributed by atoms with Crippen molar-refractivity contribution >= 4 is 11.6 Å². The summed E-state index contributed by atoms with van der Waals surface area (Å²) in [6.45, 7) is 3.36. The molecule has 2 unspecified atom stereocenters. The number of aryl methyl sites for hydroxylation is 2. The summed E-state index contributed by atoms with van der Waals surface area (Å²) in [5, 5.41) is 22.4. The Morgan fingerprint density at radius 2 is 1.84 bits per heavy atom. The van der Waals surface area contributed by atoms with Gasteiger partial charge in [0.1, 0.15) is 11.9 Å². The molecule has 0 aliphatic rings. The lowest BCUT2D eigenvalue weighted by molar-refractivity contribution is -0.125. The number of hydrogen-bond donors (Lipinski definition) is 4. The minimum absolute atomic E-state index is 0.201. The van der Waals surface area contributed by atoms with Gasteiger partial charge in [-0.15, -0.1) is 0 Å². The van der Waals surface area contributed by atoms with Crippen molar-refractivity contribution in [2.45, 2.75) is 26.0 Å². The normalized spacial score (nSPS) is 13.1. The van der Waals surface area contributed by atoms with Crippen molar-refractivity contribution in [3.63, 3.8) is 0 Å². The fraction of sp³-hybridized carbons (Fsp3) is 0.316. The molecule has 6 nitrogen and oxygen atoms in total. The Hall–Kier alpha value is -2.57. The van der Waals surface area contributed by atoms with Gasteiger partial charge >= 0.3 is 0 Å². The first-order chi connectivity index (χ1) is 11.9. The van der Waals surface area contributed by atoms with E-state index in [1.165, 1.54) is 0 Å². The van der Waals surface area contributed by atoms with Gasteiger partial charge in [-0.05, 0) is 54.8 Å². The minimum atomic E-state index is -1.05. The number of ether oxygens (including phenoxy) is 1. The van der Waals surface area contributed by atoms with Crippen LogP contribution in [0.2, 0.25) is 0 Å². The number of anilines is 1. The van der Waals surface area contributed by atoms with Crippen LogP contribution in [0.25, 0.3) is 0 Å². The maximum atomic E-state index is 12.0. The number of amides is 1. The highest BCUT2D eigenvalue weighted by Gasteiger charge is 2.22. The first-order valence-electron chi connectivity index (χ1n) is 8.04. The Kier molecular flexibility index (Phi) is 6.38. The van der Waals surface area contributed by atoms with Gasteiger partial charge < -0.3 is 26.0 Å². The van der Waals surface area contributed by atoms with Crippen LogP contribution in [0.4, 0.5) is 5.69 Å². The molecule has 25 heavy (non-hydrogen) atoms. The van der Waals surface area contributed by atoms with E-state index in [9.17, 15) is 15.0 Å². The third-order valence-electron chi connectivity index (χ3n) is 4.05. The van der Waals surface area contributed by atoms with E-state index in [1.54, 1.807) is 30.3 Å². The summed E-state index contributed by atoms with van der Waals surface area (Å²) in [5.41, 5.74) is 8.96. The van der Waals surface area contributed by atoms with Gasteiger partial charge in [-0.2, -0.15) is 0 Å². The largest absolute Gasteiger partial charge is 0.484 e. The number of nitrogens with two attached hydrogens (primary N) is 1. The van der Waals surface area contributed by atoms with Gasteiger partial charge in [0.15, 0.2) is 6.61 Å². The van der Waals surface area contributed by atoms with E-state index in [4.69, 9.17) is 10.5 Å². The topological polar surface area (TPSA) is 105 Å². The van der Waals surface area contributed by atoms with E-state index in [-0.39, 0.29) is 6.61 Å². The molecule has 2 rings (SSSR count). The Morgan fingerprint density at radius 1 is 1.16 bits per heavy atom. The zero-order chi connectivity index (χ0) is 18.4. The molecule has 0 radical (unpaired) electrons. The molecule has 0 aliphatic heterocycles. The van der Waals surface area contributed by atoms with Gasteiger partial charge in [0.05, 0.1) is 12.6 Å². The highest BCUT2D eigenvalue weighted by Crippen LogP contribution is 2.19. The fourth-order valence-electron chi connectivity index (χ4n) is 2.35. The standard InChI is InChI=1S/C19H24N2O4/c1-12-3-8-16(9-13(12)2)25-11-18(23)21-17(10-22)19(24)14-4-6-15(20)7-5-14/h3-9,17,19,22,24H,10-11,20H2,1-2H3,(H,21,23). The van der Waals surface area contributed by atoms with E-state index in [0.717, 1.165) is 11.1 Å². The number of rotatable bonds is 7. The summed E-state index contributed by atoms with van der Waals surface area (Å²) in [5.74, 6) is 0.171. The van der Waals surface area contributed by atoms with Crippen LogP contribution in [-0.2, 0) is 4.79 Å². The quantitative estimate of drug-likeness (QED) is 0.570. The molecule has 2 atom stereocenters. The third kappa shape index (κ3) is 5.20. The van der Waals surface area contributed by atoms with Crippen molar-refractivity contribution in [2.24, 2.45) is 0 Å². The second-order valence-corrected chi connectivity index (χ2v) is 6.00. The second kappa shape index (κ2) is 8.50. The predicted octanol–water partition coefficient (Wildman–Crippen LogP) is 1.48. The van der Waals surface area contributed by atoms with Gasteiger partial charge in [-0.1, -0.05) is 18.2 Å². The van der Waals surface area contributed by atoms with Crippen molar-refractivity contribution in [3.05, 3.63) is 59.2 Å². The molecule has 0 heterocycles. The average molecular weight is 344 g/mol. The lowest BCUT2D eigenvalue weighted by Gasteiger charge is -2.22. The van der Waals surface area contributed by atoms with Crippen LogP contribution < -0.4 is 15.8 Å². The molecular weight excluding hydrogens is 320 g/mol. The lowest BCUT2D eigenvalue weighted by atomic mass is 10.0. The smallest absolute Gasteiger partial charge is 0.258 e. The second-order valence-electron chi connectivity index (χ2n) is 6.00. The van der Waals surface area contributed by atoms with Crippen LogP contribution in [0, 0.1) is 13.8 Å². The van der Waals surface area contributed by atoms with Crippen molar-refractivity contribution in [3.8, 4) is 5.75 Å². The van der Waals surface area contributed by atoms with Crippen molar-refractivity contribution in [2.75, 3.05) is 18.9 Å². The average Bonchev–Trinajstić information content (AvgIpc) is 2.60. The molecule has 2 aromatic rings. The van der Waals surface area contributed by atoms with E-state index in [1.807, 2.05) is 26.0 Å². The highest BCUT2D eigenvalue weighted by atomic mass is 16.5. The van der Waals surface area contributed by atoms with Crippen molar-refractivity contribution < 1.29 is 19.7 Å². The number of benzene rings is 2. The van der Waals surface area contributed by atoms with Crippen molar-refractivity contribution in [1.82, 2.24) is 5.32 Å². The van der Waals surface area contributed by atoms with Gasteiger partial charge in [-0.25, -0.2) is 0 Å². The van der Waals surface area contributed by atoms with E-state index < -0.39 is 24.7 Å². The van der Waals surface area contributed by atoms with Crippen molar-refractivity contribution in [1.29, 1.82) is 0 Å². The summed E-state index contributed by atoms with van der Waals surface area (Å²) in [6, 6.07) is 11.3. The number of aliphatic hydroxyl groups excluding tert-OH is 2. The molecule has 0 fully saturated rings. The van der Waals surface area contributed by atoms with Crippen LogP contribution in [0.3, 0.4) is 0 Å². The number of aliphatic hydroxyl groups is 2. The molecule has 2 aromatic carbocycles. The maximum Gasteiger partial charge on any atom is 0.258 e. The fourth-order valence-corrected chi connectivity index (χ4v) is 2.35. The Labute approximate surface area is 147 Å². The molecule has 134 valence electrons. The number of nitrogens with one attached hydrogen (secondary N) is 1. The molecule has 6 heteroatoms. The summed E-state index contributed by atoms with van der Waals surface area (Å²) in [6.07, 6.45) is -1.05. The first-order valence-corrected chi connectivity index (χ1v) is 8.04. The maximum absolute atomic E-state index is 12.0.